The lowest BCUT2D eigenvalue weighted by atomic mass is 9.77. The second kappa shape index (κ2) is 15.2. The Morgan fingerprint density at radius 3 is 2.08 bits per heavy atom. The van der Waals surface area contributed by atoms with E-state index in [-0.39, 0.29) is 23.0 Å². The van der Waals surface area contributed by atoms with Gasteiger partial charge in [0.05, 0.1) is 6.61 Å². The third-order valence-electron chi connectivity index (χ3n) is 9.36. The van der Waals surface area contributed by atoms with E-state index in [1.54, 1.807) is 26.2 Å². The summed E-state index contributed by atoms with van der Waals surface area (Å²) in [6, 6.07) is 29.5. The van der Waals surface area contributed by atoms with E-state index in [1.165, 1.54) is 35.1 Å². The Bertz CT molecular complexity index is 1930. The molecule has 13 heteroatoms. The van der Waals surface area contributed by atoms with Crippen LogP contribution in [0.5, 0.6) is 0 Å². The molecule has 4 heterocycles. The fraction of sp³-hybridized carbons (Fsp3) is 0.325. The number of carbonyl (C=O) groups is 3. The molecule has 0 radical (unpaired) electrons. The van der Waals surface area contributed by atoms with Crippen LogP contribution in [0, 0.1) is 5.92 Å². The van der Waals surface area contributed by atoms with Crippen molar-refractivity contribution >= 4 is 51.7 Å². The van der Waals surface area contributed by atoms with E-state index in [1.807, 2.05) is 54.6 Å². The van der Waals surface area contributed by atoms with Gasteiger partial charge in [-0.15, -0.1) is 23.1 Å². The highest BCUT2D eigenvalue weighted by molar-refractivity contribution is 8.00. The third-order valence-corrected chi connectivity index (χ3v) is 11.4. The first-order valence-electron chi connectivity index (χ1n) is 17.4. The maximum Gasteiger partial charge on any atom is 0.355 e. The van der Waals surface area contributed by atoms with Crippen LogP contribution in [0.25, 0.3) is 0 Å². The van der Waals surface area contributed by atoms with Crippen molar-refractivity contribution in [3.63, 3.8) is 0 Å². The first-order chi connectivity index (χ1) is 25.6. The fourth-order valence-electron chi connectivity index (χ4n) is 6.97. The Balaban J connectivity index is 1.15. The zero-order chi connectivity index (χ0) is 37.2. The molecular weight excluding hydrogens is 711 g/mol. The largest absolute Gasteiger partial charge is 0.455 e. The predicted molar refractivity (Wildman–Crippen MR) is 205 cm³/mol. The Kier molecular flexibility index (Phi) is 10.4. The Hall–Kier alpha value is -4.98. The van der Waals surface area contributed by atoms with E-state index in [9.17, 15) is 14.4 Å². The number of hydrogen-bond donors (Lipinski definition) is 2. The summed E-state index contributed by atoms with van der Waals surface area (Å²) >= 11 is 2.82. The van der Waals surface area contributed by atoms with Gasteiger partial charge in [0, 0.05) is 23.7 Å². The molecule has 7 rings (SSSR count). The van der Waals surface area contributed by atoms with Gasteiger partial charge in [0.15, 0.2) is 10.8 Å². The second-order valence-electron chi connectivity index (χ2n) is 13.9. The third kappa shape index (κ3) is 7.20. The molecule has 0 saturated carbocycles. The number of aromatic nitrogens is 1. The molecule has 3 atom stereocenters. The number of amides is 2. The molecule has 2 N–H and O–H groups in total. The lowest BCUT2D eigenvalue weighted by molar-refractivity contribution is -0.158. The van der Waals surface area contributed by atoms with Crippen LogP contribution in [-0.2, 0) is 34.2 Å². The summed E-state index contributed by atoms with van der Waals surface area (Å²) in [4.78, 5) is 52.7. The van der Waals surface area contributed by atoms with Gasteiger partial charge in [-0.2, -0.15) is 0 Å². The van der Waals surface area contributed by atoms with E-state index < -0.39 is 40.3 Å². The maximum atomic E-state index is 13.9. The van der Waals surface area contributed by atoms with Crippen LogP contribution in [0.15, 0.2) is 113 Å². The summed E-state index contributed by atoms with van der Waals surface area (Å²) in [5, 5.41) is 12.4. The molecule has 3 aliphatic rings. The summed E-state index contributed by atoms with van der Waals surface area (Å²) < 4.78 is 11.4. The van der Waals surface area contributed by atoms with Gasteiger partial charge >= 0.3 is 5.97 Å². The standard InChI is InChI=1S/C40H41N5O6S2/c1-39(2,3)51-37(48)33-29(25-20-21-50-22-25)23-52-36-32(35(47)45(33)36)42-34(46)31(44-49-4)30-24-53-38(41-30)43-40(26-14-8-5-9-15-26,27-16-10-6-11-17-27)28-18-12-7-13-19-28/h5-19,24-25,32,36H,20-23H2,1-4H3,(H,41,43)(H,42,46)/b44-31+/t25?,32-,36-/m1/s1. The van der Waals surface area contributed by atoms with Gasteiger partial charge in [0.25, 0.3) is 11.8 Å². The van der Waals surface area contributed by atoms with Crippen molar-refractivity contribution in [2.75, 3.05) is 31.4 Å². The van der Waals surface area contributed by atoms with Gasteiger partial charge in [-0.25, -0.2) is 9.78 Å². The minimum absolute atomic E-state index is 0.0183. The Morgan fingerprint density at radius 1 is 0.943 bits per heavy atom. The van der Waals surface area contributed by atoms with Crippen LogP contribution in [0.3, 0.4) is 0 Å². The lowest BCUT2D eigenvalue weighted by Crippen LogP contribution is -2.71. The number of nitrogens with zero attached hydrogens (tertiary/aromatic N) is 3. The number of esters is 1. The monoisotopic (exact) mass is 751 g/mol. The molecule has 3 aromatic carbocycles. The first-order valence-corrected chi connectivity index (χ1v) is 19.3. The number of rotatable bonds is 11. The number of benzene rings is 3. The van der Waals surface area contributed by atoms with Crippen LogP contribution in [0.2, 0.25) is 0 Å². The van der Waals surface area contributed by atoms with Crippen molar-refractivity contribution in [3.05, 3.63) is 130 Å². The molecule has 1 aromatic heterocycles. The van der Waals surface area contributed by atoms with Crippen LogP contribution in [-0.4, -0.2) is 76.5 Å². The molecular formula is C40H41N5O6S2. The normalized spacial score (nSPS) is 20.4. The highest BCUT2D eigenvalue weighted by Gasteiger charge is 2.55. The highest BCUT2D eigenvalue weighted by Crippen LogP contribution is 2.45. The van der Waals surface area contributed by atoms with E-state index in [0.29, 0.717) is 24.1 Å². The number of ether oxygens (including phenoxy) is 2. The molecule has 274 valence electrons. The molecule has 53 heavy (non-hydrogen) atoms. The van der Waals surface area contributed by atoms with Gasteiger partial charge < -0.3 is 24.9 Å². The maximum absolute atomic E-state index is 13.9. The highest BCUT2D eigenvalue weighted by atomic mass is 32.2. The number of oxime groups is 1. The Labute approximate surface area is 316 Å². The summed E-state index contributed by atoms with van der Waals surface area (Å²) in [5.41, 5.74) is 2.71. The van der Waals surface area contributed by atoms with Crippen molar-refractivity contribution in [2.24, 2.45) is 11.1 Å². The van der Waals surface area contributed by atoms with Crippen molar-refractivity contribution in [3.8, 4) is 0 Å². The molecule has 11 nitrogen and oxygen atoms in total. The number of thiazole rings is 1. The first kappa shape index (κ1) is 36.4. The smallest absolute Gasteiger partial charge is 0.355 e. The second-order valence-corrected chi connectivity index (χ2v) is 15.9. The zero-order valence-electron chi connectivity index (χ0n) is 29.9. The number of anilines is 1. The van der Waals surface area contributed by atoms with Crippen molar-refractivity contribution in [1.82, 2.24) is 15.2 Å². The van der Waals surface area contributed by atoms with Crippen molar-refractivity contribution < 1.29 is 28.7 Å². The van der Waals surface area contributed by atoms with Crippen LogP contribution >= 0.6 is 23.1 Å². The summed E-state index contributed by atoms with van der Waals surface area (Å²) in [7, 11) is 1.35. The minimum Gasteiger partial charge on any atom is -0.455 e. The molecule has 0 spiro atoms. The molecule has 4 aromatic rings. The average Bonchev–Trinajstić information content (AvgIpc) is 3.88. The van der Waals surface area contributed by atoms with Crippen LogP contribution in [0.4, 0.5) is 5.13 Å². The van der Waals surface area contributed by atoms with E-state index in [2.05, 4.69) is 52.2 Å². The van der Waals surface area contributed by atoms with Gasteiger partial charge in [0.2, 0.25) is 0 Å². The number of nitrogens with one attached hydrogen (secondary N) is 2. The molecule has 0 bridgehead atoms. The van der Waals surface area contributed by atoms with Crippen LogP contribution in [0.1, 0.15) is 49.6 Å². The average molecular weight is 752 g/mol. The van der Waals surface area contributed by atoms with E-state index >= 15 is 0 Å². The number of hydrogen-bond acceptors (Lipinski definition) is 11. The summed E-state index contributed by atoms with van der Waals surface area (Å²) in [5.74, 6) is -1.05. The topological polar surface area (TPSA) is 131 Å². The van der Waals surface area contributed by atoms with Gasteiger partial charge in [-0.1, -0.05) is 96.2 Å². The zero-order valence-corrected chi connectivity index (χ0v) is 31.5. The lowest BCUT2D eigenvalue weighted by Gasteiger charge is -2.50. The number of β-lactam (4-membered cyclic amide) rings is 1. The molecule has 2 saturated heterocycles. The van der Waals surface area contributed by atoms with E-state index in [4.69, 9.17) is 19.3 Å². The predicted octanol–water partition coefficient (Wildman–Crippen LogP) is 5.93. The number of thioether (sulfide) groups is 1. The SMILES string of the molecule is CO/N=C(/C(=O)N[C@@H]1C(=O)N2C(C(=O)OC(C)(C)C)=C(C3CCOC3)CS[C@H]12)c1csc(NC(c2ccccc2)(c2ccccc2)c2ccccc2)n1. The van der Waals surface area contributed by atoms with E-state index in [0.717, 1.165) is 28.7 Å². The van der Waals surface area contributed by atoms with Gasteiger partial charge in [0.1, 0.15) is 41.1 Å². The summed E-state index contributed by atoms with van der Waals surface area (Å²) in [6.45, 7) is 6.46. The fourth-order valence-corrected chi connectivity index (χ4v) is 9.18. The molecule has 2 fully saturated rings. The number of fused-ring (bicyclic) bond motifs is 1. The molecule has 3 aliphatic heterocycles. The molecule has 0 aliphatic carbocycles. The Morgan fingerprint density at radius 2 is 1.55 bits per heavy atom. The van der Waals surface area contributed by atoms with Crippen LogP contribution < -0.4 is 10.6 Å². The van der Waals surface area contributed by atoms with Gasteiger partial charge in [-0.3, -0.25) is 14.5 Å². The quantitative estimate of drug-likeness (QED) is 0.0630. The van der Waals surface area contributed by atoms with Crippen molar-refractivity contribution in [1.29, 1.82) is 0 Å². The minimum atomic E-state index is -0.897. The molecule has 1 unspecified atom stereocenters. The summed E-state index contributed by atoms with van der Waals surface area (Å²) in [6.07, 6.45) is 0.763. The number of carbonyl (C=O) groups excluding carboxylic acids is 3. The molecule has 2 amide bonds. The van der Waals surface area contributed by atoms with Crippen molar-refractivity contribution in [2.45, 2.75) is 49.7 Å². The van der Waals surface area contributed by atoms with Gasteiger partial charge in [-0.05, 0) is 49.5 Å².